The molecule has 1 N–H and O–H groups in total. The van der Waals surface area contributed by atoms with E-state index in [1.165, 1.54) is 44.6 Å². The van der Waals surface area contributed by atoms with E-state index in [9.17, 15) is 4.39 Å². The van der Waals surface area contributed by atoms with Gasteiger partial charge in [0.05, 0.1) is 5.02 Å². The lowest BCUT2D eigenvalue weighted by Gasteiger charge is -2.18. The first-order valence-corrected chi connectivity index (χ1v) is 8.22. The Morgan fingerprint density at radius 1 is 1.15 bits per heavy atom. The van der Waals surface area contributed by atoms with Crippen molar-refractivity contribution in [1.82, 2.24) is 5.32 Å². The SMILES string of the molecule is CCCCCCCC(Cc1ccc(F)c(Cl)c1)NCC. The van der Waals surface area contributed by atoms with Gasteiger partial charge in [-0.15, -0.1) is 0 Å². The van der Waals surface area contributed by atoms with Crippen LogP contribution in [0.25, 0.3) is 0 Å². The Bertz CT molecular complexity index is 381. The van der Waals surface area contributed by atoms with Crippen molar-refractivity contribution in [2.24, 2.45) is 0 Å². The smallest absolute Gasteiger partial charge is 0.141 e. The van der Waals surface area contributed by atoms with E-state index < -0.39 is 0 Å². The molecule has 114 valence electrons. The number of benzene rings is 1. The molecule has 0 heterocycles. The van der Waals surface area contributed by atoms with Gasteiger partial charge in [0.25, 0.3) is 0 Å². The molecule has 0 spiro atoms. The molecule has 20 heavy (non-hydrogen) atoms. The molecule has 1 aromatic rings. The number of hydrogen-bond acceptors (Lipinski definition) is 1. The summed E-state index contributed by atoms with van der Waals surface area (Å²) in [4.78, 5) is 0. The fraction of sp³-hybridized carbons (Fsp3) is 0.647. The summed E-state index contributed by atoms with van der Waals surface area (Å²) in [6.45, 7) is 5.33. The van der Waals surface area contributed by atoms with Crippen LogP contribution < -0.4 is 5.32 Å². The van der Waals surface area contributed by atoms with E-state index in [-0.39, 0.29) is 10.8 Å². The molecule has 1 unspecified atom stereocenters. The molecule has 1 rings (SSSR count). The third-order valence-corrected chi connectivity index (χ3v) is 3.90. The van der Waals surface area contributed by atoms with Crippen molar-refractivity contribution >= 4 is 11.6 Å². The predicted octanol–water partition coefficient (Wildman–Crippen LogP) is 5.36. The molecule has 0 bridgehead atoms. The molecule has 0 saturated carbocycles. The molecule has 0 aromatic heterocycles. The fourth-order valence-corrected chi connectivity index (χ4v) is 2.71. The van der Waals surface area contributed by atoms with Gasteiger partial charge in [-0.25, -0.2) is 4.39 Å². The number of nitrogens with one attached hydrogen (secondary N) is 1. The zero-order valence-electron chi connectivity index (χ0n) is 12.7. The van der Waals surface area contributed by atoms with Crippen molar-refractivity contribution in [3.8, 4) is 0 Å². The largest absolute Gasteiger partial charge is 0.314 e. The molecule has 1 atom stereocenters. The highest BCUT2D eigenvalue weighted by molar-refractivity contribution is 6.30. The minimum absolute atomic E-state index is 0.223. The highest BCUT2D eigenvalue weighted by atomic mass is 35.5. The third kappa shape index (κ3) is 6.71. The number of hydrogen-bond donors (Lipinski definition) is 1. The van der Waals surface area contributed by atoms with Gasteiger partial charge in [0.2, 0.25) is 0 Å². The topological polar surface area (TPSA) is 12.0 Å². The normalized spacial score (nSPS) is 12.6. The molecule has 1 nitrogen and oxygen atoms in total. The molecule has 0 fully saturated rings. The third-order valence-electron chi connectivity index (χ3n) is 3.62. The van der Waals surface area contributed by atoms with Crippen molar-refractivity contribution in [1.29, 1.82) is 0 Å². The molecule has 3 heteroatoms. The lowest BCUT2D eigenvalue weighted by Crippen LogP contribution is -2.30. The Kier molecular flexibility index (Phi) is 8.88. The van der Waals surface area contributed by atoms with Crippen LogP contribution >= 0.6 is 11.6 Å². The Morgan fingerprint density at radius 3 is 2.55 bits per heavy atom. The van der Waals surface area contributed by atoms with Crippen molar-refractivity contribution in [2.75, 3.05) is 6.54 Å². The van der Waals surface area contributed by atoms with Gasteiger partial charge in [-0.3, -0.25) is 0 Å². The molecule has 0 aliphatic heterocycles. The van der Waals surface area contributed by atoms with Gasteiger partial charge in [0, 0.05) is 6.04 Å². The van der Waals surface area contributed by atoms with Crippen LogP contribution in [-0.2, 0) is 6.42 Å². The van der Waals surface area contributed by atoms with E-state index in [0.717, 1.165) is 18.5 Å². The number of likely N-dealkylation sites (N-methyl/N-ethyl adjacent to an activating group) is 1. The van der Waals surface area contributed by atoms with Gasteiger partial charge in [0.15, 0.2) is 0 Å². The van der Waals surface area contributed by atoms with E-state index in [0.29, 0.717) is 6.04 Å². The maximum atomic E-state index is 13.2. The minimum Gasteiger partial charge on any atom is -0.314 e. The van der Waals surface area contributed by atoms with Crippen LogP contribution in [0.5, 0.6) is 0 Å². The van der Waals surface area contributed by atoms with Gasteiger partial charge >= 0.3 is 0 Å². The monoisotopic (exact) mass is 299 g/mol. The number of rotatable bonds is 10. The molecule has 0 aliphatic carbocycles. The summed E-state index contributed by atoms with van der Waals surface area (Å²) in [5, 5.41) is 3.74. The summed E-state index contributed by atoms with van der Waals surface area (Å²) in [7, 11) is 0. The molecule has 0 aliphatic rings. The van der Waals surface area contributed by atoms with Gasteiger partial charge in [-0.1, -0.05) is 63.6 Å². The maximum Gasteiger partial charge on any atom is 0.141 e. The standard InChI is InChI=1S/C17H27ClFN/c1-3-5-6-7-8-9-15(20-4-2)12-14-10-11-17(19)16(18)13-14/h10-11,13,15,20H,3-9,12H2,1-2H3. The van der Waals surface area contributed by atoms with Crippen LogP contribution in [0.15, 0.2) is 18.2 Å². The second kappa shape index (κ2) is 10.2. The van der Waals surface area contributed by atoms with Crippen molar-refractivity contribution in [3.63, 3.8) is 0 Å². The average Bonchev–Trinajstić information content (AvgIpc) is 2.43. The summed E-state index contributed by atoms with van der Waals surface area (Å²) in [6.07, 6.45) is 8.60. The van der Waals surface area contributed by atoms with E-state index in [4.69, 9.17) is 11.6 Å². The first kappa shape index (κ1) is 17.5. The highest BCUT2D eigenvalue weighted by Gasteiger charge is 2.09. The fourth-order valence-electron chi connectivity index (χ4n) is 2.51. The molecule has 1 aromatic carbocycles. The summed E-state index contributed by atoms with van der Waals surface area (Å²) < 4.78 is 13.2. The Balaban J connectivity index is 2.42. The Labute approximate surface area is 127 Å². The summed E-state index contributed by atoms with van der Waals surface area (Å²) in [6, 6.07) is 5.51. The van der Waals surface area contributed by atoms with E-state index >= 15 is 0 Å². The van der Waals surface area contributed by atoms with Crippen LogP contribution in [0, 0.1) is 5.82 Å². The quantitative estimate of drug-likeness (QED) is 0.573. The Morgan fingerprint density at radius 2 is 1.90 bits per heavy atom. The molecular formula is C17H27ClFN. The van der Waals surface area contributed by atoms with Crippen molar-refractivity contribution in [3.05, 3.63) is 34.6 Å². The van der Waals surface area contributed by atoms with Gasteiger partial charge in [-0.2, -0.15) is 0 Å². The molecule has 0 saturated heterocycles. The lowest BCUT2D eigenvalue weighted by atomic mass is 9.99. The second-order valence-corrected chi connectivity index (χ2v) is 5.82. The summed E-state index contributed by atoms with van der Waals surface area (Å²) >= 11 is 5.84. The van der Waals surface area contributed by atoms with Gasteiger partial charge < -0.3 is 5.32 Å². The van der Waals surface area contributed by atoms with E-state index in [2.05, 4.69) is 19.2 Å². The van der Waals surface area contributed by atoms with Gasteiger partial charge in [0.1, 0.15) is 5.82 Å². The maximum absolute atomic E-state index is 13.2. The van der Waals surface area contributed by atoms with E-state index in [1.807, 2.05) is 6.07 Å². The zero-order valence-corrected chi connectivity index (χ0v) is 13.5. The average molecular weight is 300 g/mol. The second-order valence-electron chi connectivity index (χ2n) is 5.41. The number of halogens is 2. The van der Waals surface area contributed by atoms with Crippen LogP contribution in [0.1, 0.15) is 57.9 Å². The van der Waals surface area contributed by atoms with Crippen LogP contribution in [0.4, 0.5) is 4.39 Å². The zero-order chi connectivity index (χ0) is 14.8. The molecule has 0 radical (unpaired) electrons. The van der Waals surface area contributed by atoms with Gasteiger partial charge in [-0.05, 0) is 37.1 Å². The highest BCUT2D eigenvalue weighted by Crippen LogP contribution is 2.18. The van der Waals surface area contributed by atoms with Crippen molar-refractivity contribution in [2.45, 2.75) is 64.8 Å². The summed E-state index contributed by atoms with van der Waals surface area (Å²) in [5.41, 5.74) is 1.11. The first-order valence-electron chi connectivity index (χ1n) is 7.84. The molecular weight excluding hydrogens is 273 g/mol. The molecule has 0 amide bonds. The Hall–Kier alpha value is -0.600. The number of unbranched alkanes of at least 4 members (excludes halogenated alkanes) is 4. The van der Waals surface area contributed by atoms with Crippen LogP contribution in [-0.4, -0.2) is 12.6 Å². The first-order chi connectivity index (χ1) is 9.67. The van der Waals surface area contributed by atoms with Crippen LogP contribution in [0.3, 0.4) is 0 Å². The minimum atomic E-state index is -0.338. The predicted molar refractivity (Wildman–Crippen MR) is 86.0 cm³/mol. The lowest BCUT2D eigenvalue weighted by molar-refractivity contribution is 0.461. The van der Waals surface area contributed by atoms with Crippen LogP contribution in [0.2, 0.25) is 5.02 Å². The van der Waals surface area contributed by atoms with E-state index in [1.54, 1.807) is 6.07 Å². The summed E-state index contributed by atoms with van der Waals surface area (Å²) in [5.74, 6) is -0.338. The van der Waals surface area contributed by atoms with Crippen molar-refractivity contribution < 1.29 is 4.39 Å².